The summed E-state index contributed by atoms with van der Waals surface area (Å²) in [7, 11) is -4.32. The molecule has 0 spiro atoms. The highest BCUT2D eigenvalue weighted by Gasteiger charge is 2.33. The van der Waals surface area contributed by atoms with Gasteiger partial charge in [-0.2, -0.15) is 0 Å². The lowest BCUT2D eigenvalue weighted by Crippen LogP contribution is -2.51. The zero-order valence-corrected chi connectivity index (χ0v) is 23.7. The summed E-state index contributed by atoms with van der Waals surface area (Å²) >= 11 is 0. The first-order valence-corrected chi connectivity index (χ1v) is 14.4. The molecule has 2 amide bonds. The molecule has 0 radical (unpaired) electrons. The fourth-order valence-corrected chi connectivity index (χ4v) is 5.55. The van der Waals surface area contributed by atoms with Crippen LogP contribution in [0.25, 0.3) is 0 Å². The van der Waals surface area contributed by atoms with Crippen molar-refractivity contribution in [3.63, 3.8) is 0 Å². The predicted octanol–water partition coefficient (Wildman–Crippen LogP) is 4.97. The van der Waals surface area contributed by atoms with Gasteiger partial charge in [-0.3, -0.25) is 13.9 Å². The van der Waals surface area contributed by atoms with Crippen LogP contribution in [-0.2, 0) is 26.2 Å². The molecule has 39 heavy (non-hydrogen) atoms. The Hall–Kier alpha value is -3.72. The SMILES string of the molecule is CCCCNC(=O)[C@@H](C)N(Cc1cccc(C)c1)C(=O)CN(c1ccccc1F)S(=O)(=O)c1ccc(C)cc1. The molecule has 7 nitrogen and oxygen atoms in total. The summed E-state index contributed by atoms with van der Waals surface area (Å²) in [6.07, 6.45) is 1.69. The Labute approximate surface area is 230 Å². The number of nitrogens with one attached hydrogen (secondary N) is 1. The Morgan fingerprint density at radius 2 is 1.64 bits per heavy atom. The third-order valence-corrected chi connectivity index (χ3v) is 8.22. The third kappa shape index (κ3) is 7.66. The van der Waals surface area contributed by atoms with Crippen molar-refractivity contribution in [2.45, 2.75) is 58.0 Å². The number of carbonyl (C=O) groups excluding carboxylic acids is 2. The number of benzene rings is 3. The molecular weight excluding hydrogens is 517 g/mol. The van der Waals surface area contributed by atoms with Crippen molar-refractivity contribution in [1.82, 2.24) is 10.2 Å². The number of carbonyl (C=O) groups is 2. The molecule has 0 aliphatic heterocycles. The molecule has 0 bridgehead atoms. The van der Waals surface area contributed by atoms with Gasteiger partial charge in [-0.1, -0.05) is 73.0 Å². The number of aryl methyl sites for hydroxylation is 2. The Kier molecular flexibility index (Phi) is 10.2. The van der Waals surface area contributed by atoms with Gasteiger partial charge in [0.15, 0.2) is 0 Å². The maximum absolute atomic E-state index is 15.0. The van der Waals surface area contributed by atoms with E-state index in [0.29, 0.717) is 6.54 Å². The molecule has 3 aromatic rings. The van der Waals surface area contributed by atoms with Gasteiger partial charge in [-0.25, -0.2) is 12.8 Å². The molecule has 0 saturated heterocycles. The molecule has 9 heteroatoms. The second-order valence-electron chi connectivity index (χ2n) is 9.61. The van der Waals surface area contributed by atoms with E-state index in [1.165, 1.54) is 35.2 Å². The van der Waals surface area contributed by atoms with E-state index in [-0.39, 0.29) is 23.0 Å². The van der Waals surface area contributed by atoms with Gasteiger partial charge < -0.3 is 10.2 Å². The van der Waals surface area contributed by atoms with Crippen molar-refractivity contribution >= 4 is 27.5 Å². The summed E-state index contributed by atoms with van der Waals surface area (Å²) in [6.45, 7) is 7.23. The minimum Gasteiger partial charge on any atom is -0.354 e. The molecule has 0 aliphatic carbocycles. The molecule has 0 aliphatic rings. The first-order chi connectivity index (χ1) is 18.5. The minimum absolute atomic E-state index is 0.0697. The highest BCUT2D eigenvalue weighted by Crippen LogP contribution is 2.27. The summed E-state index contributed by atoms with van der Waals surface area (Å²) in [5.41, 5.74) is 2.38. The molecule has 0 heterocycles. The van der Waals surface area contributed by atoms with E-state index in [0.717, 1.165) is 39.9 Å². The normalized spacial score (nSPS) is 12.0. The fourth-order valence-electron chi connectivity index (χ4n) is 4.13. The number of sulfonamides is 1. The highest BCUT2D eigenvalue weighted by molar-refractivity contribution is 7.92. The summed E-state index contributed by atoms with van der Waals surface area (Å²) in [5, 5.41) is 2.85. The topological polar surface area (TPSA) is 86.8 Å². The lowest BCUT2D eigenvalue weighted by Gasteiger charge is -2.32. The van der Waals surface area contributed by atoms with E-state index in [9.17, 15) is 22.4 Å². The largest absolute Gasteiger partial charge is 0.354 e. The first kappa shape index (κ1) is 29.8. The number of hydrogen-bond acceptors (Lipinski definition) is 4. The average Bonchev–Trinajstić information content (AvgIpc) is 2.90. The molecule has 0 aromatic heterocycles. The van der Waals surface area contributed by atoms with Crippen LogP contribution in [0.5, 0.6) is 0 Å². The number of anilines is 1. The molecule has 1 N–H and O–H groups in total. The molecule has 0 saturated carbocycles. The molecule has 1 atom stereocenters. The molecule has 3 aromatic carbocycles. The predicted molar refractivity (Wildman–Crippen MR) is 151 cm³/mol. The Morgan fingerprint density at radius 3 is 2.28 bits per heavy atom. The van der Waals surface area contributed by atoms with Crippen molar-refractivity contribution in [3.05, 3.63) is 95.3 Å². The molecule has 3 rings (SSSR count). The van der Waals surface area contributed by atoms with E-state index in [4.69, 9.17) is 0 Å². The zero-order chi connectivity index (χ0) is 28.6. The minimum atomic E-state index is -4.32. The summed E-state index contributed by atoms with van der Waals surface area (Å²) in [4.78, 5) is 28.1. The van der Waals surface area contributed by atoms with Gasteiger partial charge in [0.05, 0.1) is 10.6 Å². The quantitative estimate of drug-likeness (QED) is 0.321. The number of amides is 2. The summed E-state index contributed by atoms with van der Waals surface area (Å²) in [6, 6.07) is 18.2. The van der Waals surface area contributed by atoms with Gasteiger partial charge in [-0.15, -0.1) is 0 Å². The van der Waals surface area contributed by atoms with Crippen molar-refractivity contribution in [2.24, 2.45) is 0 Å². The van der Waals surface area contributed by atoms with Crippen LogP contribution in [0.15, 0.2) is 77.7 Å². The van der Waals surface area contributed by atoms with Crippen molar-refractivity contribution < 1.29 is 22.4 Å². The average molecular weight is 554 g/mol. The summed E-state index contributed by atoms with van der Waals surface area (Å²) in [5.74, 6) is -1.76. The second-order valence-corrected chi connectivity index (χ2v) is 11.5. The Bertz CT molecular complexity index is 1390. The molecular formula is C30H36FN3O4S. The van der Waals surface area contributed by atoms with E-state index in [1.54, 1.807) is 19.1 Å². The number of halogens is 1. The van der Waals surface area contributed by atoms with Crippen molar-refractivity contribution in [1.29, 1.82) is 0 Å². The molecule has 0 unspecified atom stereocenters. The third-order valence-electron chi connectivity index (χ3n) is 6.44. The number of para-hydroxylation sites is 1. The first-order valence-electron chi connectivity index (χ1n) is 13.0. The summed E-state index contributed by atoms with van der Waals surface area (Å²) < 4.78 is 43.2. The zero-order valence-electron chi connectivity index (χ0n) is 22.9. The van der Waals surface area contributed by atoms with Crippen molar-refractivity contribution in [3.8, 4) is 0 Å². The number of unbranched alkanes of at least 4 members (excludes halogenated alkanes) is 1. The van der Waals surface area contributed by atoms with Gasteiger partial charge in [0.2, 0.25) is 11.8 Å². The number of nitrogens with zero attached hydrogens (tertiary/aromatic N) is 2. The fraction of sp³-hybridized carbons (Fsp3) is 0.333. The van der Waals surface area contributed by atoms with Crippen molar-refractivity contribution in [2.75, 3.05) is 17.4 Å². The van der Waals surface area contributed by atoms with Gasteiger partial charge in [0.25, 0.3) is 10.0 Å². The van der Waals surface area contributed by atoms with Crippen LogP contribution in [0.2, 0.25) is 0 Å². The van der Waals surface area contributed by atoms with Crippen LogP contribution in [0, 0.1) is 19.7 Å². The standard InChI is InChI=1S/C30H36FN3O4S/c1-5-6-18-32-30(36)24(4)33(20-25-11-9-10-23(3)19-25)29(35)21-34(28-13-8-7-12-27(28)31)39(37,38)26-16-14-22(2)15-17-26/h7-17,19,24H,5-6,18,20-21H2,1-4H3,(H,32,36)/t24-/m1/s1. The number of hydrogen-bond donors (Lipinski definition) is 1. The van der Waals surface area contributed by atoms with Crippen LogP contribution in [0.3, 0.4) is 0 Å². The molecule has 208 valence electrons. The Morgan fingerprint density at radius 1 is 0.949 bits per heavy atom. The van der Waals surface area contributed by atoms with Gasteiger partial charge in [0, 0.05) is 13.1 Å². The van der Waals surface area contributed by atoms with E-state index in [2.05, 4.69) is 5.32 Å². The highest BCUT2D eigenvalue weighted by atomic mass is 32.2. The second kappa shape index (κ2) is 13.4. The lowest BCUT2D eigenvalue weighted by molar-refractivity contribution is -0.139. The van der Waals surface area contributed by atoms with Crippen LogP contribution >= 0.6 is 0 Å². The lowest BCUT2D eigenvalue weighted by atomic mass is 10.1. The monoisotopic (exact) mass is 553 g/mol. The maximum atomic E-state index is 15.0. The van der Waals surface area contributed by atoms with Gasteiger partial charge in [0.1, 0.15) is 18.4 Å². The van der Waals surface area contributed by atoms with Gasteiger partial charge in [-0.05, 0) is 57.0 Å². The van der Waals surface area contributed by atoms with E-state index >= 15 is 0 Å². The van der Waals surface area contributed by atoms with Crippen LogP contribution in [0.1, 0.15) is 43.4 Å². The maximum Gasteiger partial charge on any atom is 0.264 e. The number of rotatable bonds is 12. The van der Waals surface area contributed by atoms with E-state index < -0.39 is 34.3 Å². The molecule has 0 fully saturated rings. The van der Waals surface area contributed by atoms with Crippen LogP contribution in [-0.4, -0.2) is 44.3 Å². The van der Waals surface area contributed by atoms with Crippen LogP contribution in [0.4, 0.5) is 10.1 Å². The van der Waals surface area contributed by atoms with Gasteiger partial charge >= 0.3 is 0 Å². The van der Waals surface area contributed by atoms with E-state index in [1.807, 2.05) is 45.0 Å². The van der Waals surface area contributed by atoms with Crippen LogP contribution < -0.4 is 9.62 Å². The Balaban J connectivity index is 2.01. The smallest absolute Gasteiger partial charge is 0.264 e.